The van der Waals surface area contributed by atoms with Crippen molar-refractivity contribution >= 4 is 59.5 Å². The van der Waals surface area contributed by atoms with Gasteiger partial charge in [-0.1, -0.05) is 12.1 Å². The number of anilines is 2. The van der Waals surface area contributed by atoms with Crippen LogP contribution in [0.15, 0.2) is 68.6 Å². The van der Waals surface area contributed by atoms with E-state index in [-0.39, 0.29) is 45.1 Å². The summed E-state index contributed by atoms with van der Waals surface area (Å²) in [6.45, 7) is -0.00625. The van der Waals surface area contributed by atoms with Crippen molar-refractivity contribution in [3.05, 3.63) is 48.5 Å². The normalized spacial score (nSPS) is 12.3. The summed E-state index contributed by atoms with van der Waals surface area (Å²) in [5.41, 5.74) is 11.2. The number of carbonyl (C=O) groups is 1. The Bertz CT molecular complexity index is 1500. The Morgan fingerprint density at radius 3 is 2.35 bits per heavy atom. The fraction of sp³-hybridized carbons (Fsp3) is 0.150. The zero-order chi connectivity index (χ0) is 25.1. The number of methoxy groups -OCH3 is 1. The van der Waals surface area contributed by atoms with E-state index < -0.39 is 30.9 Å². The Labute approximate surface area is 195 Å². The minimum atomic E-state index is -4.80. The standard InChI is InChI=1S/C20H21N5O7S2/c1-32-8-9-33(27,28)14-4-5-15-12(10-14)2-6-17(19(15)34(29,30)31)25-24-16-7-3-13(21)11-18(16)23-20(22)26/h2-7,10-11H,8-9,21H2,1H3,(H3,22,23,26)(H,29,30,31). The van der Waals surface area contributed by atoms with Gasteiger partial charge in [0.15, 0.2) is 9.84 Å². The van der Waals surface area contributed by atoms with Crippen LogP contribution in [0.4, 0.5) is 27.5 Å². The number of nitrogens with two attached hydrogens (primary N) is 2. The molecule has 0 aliphatic carbocycles. The first kappa shape index (κ1) is 25.0. The number of ether oxygens (including phenoxy) is 1. The molecule has 0 spiro atoms. The predicted molar refractivity (Wildman–Crippen MR) is 126 cm³/mol. The molecule has 0 aliphatic heterocycles. The molecular weight excluding hydrogens is 486 g/mol. The summed E-state index contributed by atoms with van der Waals surface area (Å²) in [4.78, 5) is 10.6. The van der Waals surface area contributed by atoms with E-state index in [1.807, 2.05) is 0 Å². The van der Waals surface area contributed by atoms with Crippen molar-refractivity contribution in [3.8, 4) is 0 Å². The average Bonchev–Trinajstić information content (AvgIpc) is 2.75. The van der Waals surface area contributed by atoms with Gasteiger partial charge < -0.3 is 21.5 Å². The lowest BCUT2D eigenvalue weighted by Gasteiger charge is -2.10. The van der Waals surface area contributed by atoms with Crippen LogP contribution in [0.25, 0.3) is 10.8 Å². The highest BCUT2D eigenvalue weighted by atomic mass is 32.2. The van der Waals surface area contributed by atoms with E-state index in [9.17, 15) is 26.2 Å². The maximum absolute atomic E-state index is 12.4. The Kier molecular flexibility index (Phi) is 7.16. The lowest BCUT2D eigenvalue weighted by atomic mass is 10.1. The molecule has 14 heteroatoms. The molecule has 3 rings (SSSR count). The molecule has 0 heterocycles. The first-order valence-corrected chi connectivity index (χ1v) is 12.7. The Hall–Kier alpha value is -3.59. The van der Waals surface area contributed by atoms with Gasteiger partial charge in [-0.3, -0.25) is 4.55 Å². The lowest BCUT2D eigenvalue weighted by Crippen LogP contribution is -2.19. The van der Waals surface area contributed by atoms with Crippen molar-refractivity contribution in [3.63, 3.8) is 0 Å². The second-order valence-corrected chi connectivity index (χ2v) is 10.5. The number of azo groups is 1. The van der Waals surface area contributed by atoms with Crippen LogP contribution in [-0.4, -0.2) is 46.9 Å². The third-order valence-electron chi connectivity index (χ3n) is 4.64. The first-order valence-electron chi connectivity index (χ1n) is 9.56. The summed E-state index contributed by atoms with van der Waals surface area (Å²) in [5.74, 6) is -0.254. The molecule has 0 radical (unpaired) electrons. The molecule has 0 unspecified atom stereocenters. The number of primary amides is 1. The van der Waals surface area contributed by atoms with E-state index in [0.29, 0.717) is 5.69 Å². The number of benzene rings is 3. The van der Waals surface area contributed by atoms with E-state index >= 15 is 0 Å². The molecule has 0 saturated heterocycles. The van der Waals surface area contributed by atoms with Crippen LogP contribution >= 0.6 is 0 Å². The Morgan fingerprint density at radius 1 is 1.03 bits per heavy atom. The summed E-state index contributed by atoms with van der Waals surface area (Å²) in [6, 6.07) is 9.92. The van der Waals surface area contributed by atoms with Gasteiger partial charge in [-0.25, -0.2) is 13.2 Å². The molecule has 3 aromatic rings. The van der Waals surface area contributed by atoms with Gasteiger partial charge >= 0.3 is 6.03 Å². The molecule has 34 heavy (non-hydrogen) atoms. The van der Waals surface area contributed by atoms with Crippen LogP contribution in [0.3, 0.4) is 0 Å². The number of hydrogen-bond donors (Lipinski definition) is 4. The maximum atomic E-state index is 12.4. The van der Waals surface area contributed by atoms with Crippen molar-refractivity contribution in [2.75, 3.05) is 30.5 Å². The van der Waals surface area contributed by atoms with E-state index in [1.54, 1.807) is 0 Å². The number of urea groups is 1. The topological polar surface area (TPSA) is 204 Å². The molecule has 3 aromatic carbocycles. The molecule has 0 fully saturated rings. The molecule has 0 saturated carbocycles. The summed E-state index contributed by atoms with van der Waals surface area (Å²) in [6.07, 6.45) is 0. The van der Waals surface area contributed by atoms with E-state index in [0.717, 1.165) is 0 Å². The average molecular weight is 508 g/mol. The Balaban J connectivity index is 2.13. The van der Waals surface area contributed by atoms with Crippen LogP contribution < -0.4 is 16.8 Å². The second kappa shape index (κ2) is 9.72. The van der Waals surface area contributed by atoms with Crippen molar-refractivity contribution in [2.45, 2.75) is 9.79 Å². The van der Waals surface area contributed by atoms with Gasteiger partial charge in [0.05, 0.1) is 22.9 Å². The molecule has 2 amide bonds. The van der Waals surface area contributed by atoms with Gasteiger partial charge in [0.1, 0.15) is 16.3 Å². The highest BCUT2D eigenvalue weighted by Crippen LogP contribution is 2.36. The molecule has 12 nitrogen and oxygen atoms in total. The van der Waals surface area contributed by atoms with Crippen molar-refractivity contribution in [2.24, 2.45) is 16.0 Å². The van der Waals surface area contributed by atoms with E-state index in [2.05, 4.69) is 15.5 Å². The van der Waals surface area contributed by atoms with Crippen molar-refractivity contribution in [1.29, 1.82) is 0 Å². The largest absolute Gasteiger partial charge is 0.399 e. The zero-order valence-corrected chi connectivity index (χ0v) is 19.4. The third kappa shape index (κ3) is 5.66. The summed E-state index contributed by atoms with van der Waals surface area (Å²) in [7, 11) is -7.09. The van der Waals surface area contributed by atoms with Crippen molar-refractivity contribution < 1.29 is 30.9 Å². The van der Waals surface area contributed by atoms with Gasteiger partial charge in [0, 0.05) is 18.2 Å². The smallest absolute Gasteiger partial charge is 0.316 e. The lowest BCUT2D eigenvalue weighted by molar-refractivity contribution is 0.217. The first-order chi connectivity index (χ1) is 15.9. The number of nitrogens with one attached hydrogen (secondary N) is 1. The maximum Gasteiger partial charge on any atom is 0.316 e. The number of sulfone groups is 1. The number of nitrogen functional groups attached to an aromatic ring is 1. The van der Waals surface area contributed by atoms with Gasteiger partial charge in [0.2, 0.25) is 0 Å². The highest BCUT2D eigenvalue weighted by molar-refractivity contribution is 7.91. The monoisotopic (exact) mass is 507 g/mol. The minimum Gasteiger partial charge on any atom is -0.399 e. The quantitative estimate of drug-likeness (QED) is 0.202. The van der Waals surface area contributed by atoms with Gasteiger partial charge in [0.25, 0.3) is 10.1 Å². The molecule has 0 aliphatic rings. The Morgan fingerprint density at radius 2 is 1.71 bits per heavy atom. The molecule has 0 aromatic heterocycles. The summed E-state index contributed by atoms with van der Waals surface area (Å²) < 4.78 is 63.9. The molecule has 6 N–H and O–H groups in total. The second-order valence-electron chi connectivity index (χ2n) is 7.05. The zero-order valence-electron chi connectivity index (χ0n) is 17.8. The summed E-state index contributed by atoms with van der Waals surface area (Å²) >= 11 is 0. The van der Waals surface area contributed by atoms with Gasteiger partial charge in [-0.15, -0.1) is 10.2 Å². The number of amides is 2. The number of hydrogen-bond acceptors (Lipinski definition) is 9. The molecular formula is C20H21N5O7S2. The van der Waals surface area contributed by atoms with Crippen LogP contribution in [0, 0.1) is 0 Å². The van der Waals surface area contributed by atoms with Crippen LogP contribution in [-0.2, 0) is 24.7 Å². The van der Waals surface area contributed by atoms with Crippen LogP contribution in [0.2, 0.25) is 0 Å². The number of fused-ring (bicyclic) bond motifs is 1. The van der Waals surface area contributed by atoms with Crippen LogP contribution in [0.5, 0.6) is 0 Å². The van der Waals surface area contributed by atoms with E-state index in [1.165, 1.54) is 55.6 Å². The number of rotatable bonds is 8. The van der Waals surface area contributed by atoms with Crippen LogP contribution in [0.1, 0.15) is 0 Å². The van der Waals surface area contributed by atoms with Gasteiger partial charge in [-0.05, 0) is 41.8 Å². The fourth-order valence-electron chi connectivity index (χ4n) is 3.10. The number of carbonyl (C=O) groups excluding carboxylic acids is 1. The fourth-order valence-corrected chi connectivity index (χ4v) is 5.14. The minimum absolute atomic E-state index is 0.00625. The van der Waals surface area contributed by atoms with Gasteiger partial charge in [-0.2, -0.15) is 8.42 Å². The predicted octanol–water partition coefficient (Wildman–Crippen LogP) is 2.99. The SMILES string of the molecule is COCCS(=O)(=O)c1ccc2c(S(=O)(=O)O)c(N=Nc3ccc(N)cc3NC(N)=O)ccc2c1. The third-order valence-corrected chi connectivity index (χ3v) is 7.26. The molecule has 0 atom stereocenters. The van der Waals surface area contributed by atoms with E-state index in [4.69, 9.17) is 16.2 Å². The van der Waals surface area contributed by atoms with Crippen molar-refractivity contribution in [1.82, 2.24) is 0 Å². The number of nitrogens with zero attached hydrogens (tertiary/aromatic N) is 2. The highest BCUT2D eigenvalue weighted by Gasteiger charge is 2.22. The molecule has 0 bridgehead atoms. The molecule has 180 valence electrons. The summed E-state index contributed by atoms with van der Waals surface area (Å²) in [5, 5.41) is 10.5.